The highest BCUT2D eigenvalue weighted by molar-refractivity contribution is 7.92. The van der Waals surface area contributed by atoms with Gasteiger partial charge in [-0.05, 0) is 86.6 Å². The molecule has 37 heavy (non-hydrogen) atoms. The molecule has 2 aromatic carbocycles. The topological polar surface area (TPSA) is 165 Å². The van der Waals surface area contributed by atoms with E-state index in [-0.39, 0.29) is 21.8 Å². The van der Waals surface area contributed by atoms with E-state index in [1.165, 1.54) is 31.4 Å². The van der Waals surface area contributed by atoms with Gasteiger partial charge in [0.15, 0.2) is 6.61 Å². The number of nitro benzene ring substituents is 1. The lowest BCUT2D eigenvalue weighted by Crippen LogP contribution is -2.60. The van der Waals surface area contributed by atoms with Gasteiger partial charge in [-0.3, -0.25) is 19.6 Å². The Morgan fingerprint density at radius 2 is 1.62 bits per heavy atom. The van der Waals surface area contributed by atoms with Gasteiger partial charge in [0.05, 0.1) is 9.82 Å². The number of anilines is 1. The van der Waals surface area contributed by atoms with Gasteiger partial charge in [0, 0.05) is 23.4 Å². The number of rotatable bonds is 8. The Morgan fingerprint density at radius 3 is 2.19 bits per heavy atom. The summed E-state index contributed by atoms with van der Waals surface area (Å²) >= 11 is 0. The molecule has 0 saturated heterocycles. The maximum atomic E-state index is 12.8. The molecule has 4 fully saturated rings. The number of non-ortho nitro benzene ring substituents is 1. The lowest BCUT2D eigenvalue weighted by Gasteiger charge is -2.56. The van der Waals surface area contributed by atoms with Crippen LogP contribution >= 0.6 is 0 Å². The van der Waals surface area contributed by atoms with Crippen LogP contribution in [0.4, 0.5) is 11.4 Å². The van der Waals surface area contributed by atoms with Crippen LogP contribution in [0.3, 0.4) is 0 Å². The molecule has 0 heterocycles. The van der Waals surface area contributed by atoms with E-state index in [2.05, 4.69) is 10.0 Å². The summed E-state index contributed by atoms with van der Waals surface area (Å²) in [5, 5.41) is 24.0. The fraction of sp³-hybridized carbons (Fsp3) is 0.440. The second-order valence-electron chi connectivity index (χ2n) is 10.4. The van der Waals surface area contributed by atoms with Crippen LogP contribution in [0.1, 0.15) is 48.9 Å². The fourth-order valence-electron chi connectivity index (χ4n) is 6.52. The van der Waals surface area contributed by atoms with Crippen LogP contribution in [0.25, 0.3) is 0 Å². The molecular weight excluding hydrogens is 502 g/mol. The minimum Gasteiger partial charge on any atom is -0.507 e. The van der Waals surface area contributed by atoms with Crippen molar-refractivity contribution in [2.24, 2.45) is 17.8 Å². The standard InChI is InChI=1S/C25H27N3O8S/c29-22-6-5-20(37(34,35)27-18-1-3-19(4-2-18)28(32)33)10-21(22)24(31)36-14-23(30)26-25-11-15-7-16(12-25)9-17(8-15)13-25/h1-6,10,15-17,27,29H,7-9,11-14H2,(H,26,30). The molecule has 0 atom stereocenters. The van der Waals surface area contributed by atoms with E-state index < -0.39 is 44.7 Å². The largest absolute Gasteiger partial charge is 0.507 e. The van der Waals surface area contributed by atoms with Gasteiger partial charge in [0.25, 0.3) is 21.6 Å². The molecule has 11 nitrogen and oxygen atoms in total. The molecular formula is C25H27N3O8S. The summed E-state index contributed by atoms with van der Waals surface area (Å²) in [5.74, 6) is -0.0502. The smallest absolute Gasteiger partial charge is 0.342 e. The van der Waals surface area contributed by atoms with Crippen molar-refractivity contribution in [2.45, 2.75) is 49.0 Å². The van der Waals surface area contributed by atoms with E-state index in [1.807, 2.05) is 0 Å². The van der Waals surface area contributed by atoms with E-state index in [0.29, 0.717) is 17.8 Å². The van der Waals surface area contributed by atoms with Crippen molar-refractivity contribution in [1.29, 1.82) is 0 Å². The van der Waals surface area contributed by atoms with Crippen molar-refractivity contribution >= 4 is 33.3 Å². The van der Waals surface area contributed by atoms with Crippen LogP contribution in [-0.4, -0.2) is 42.5 Å². The number of hydrogen-bond donors (Lipinski definition) is 3. The Kier molecular flexibility index (Phi) is 6.30. The molecule has 2 aromatic rings. The first-order valence-electron chi connectivity index (χ1n) is 12.1. The van der Waals surface area contributed by atoms with Gasteiger partial charge in [0.1, 0.15) is 11.3 Å². The number of aromatic hydroxyl groups is 1. The number of ether oxygens (including phenoxy) is 1. The van der Waals surface area contributed by atoms with Gasteiger partial charge in [-0.25, -0.2) is 13.2 Å². The van der Waals surface area contributed by atoms with Gasteiger partial charge in [0.2, 0.25) is 0 Å². The third kappa shape index (κ3) is 5.24. The van der Waals surface area contributed by atoms with Crippen LogP contribution in [-0.2, 0) is 19.6 Å². The number of benzene rings is 2. The number of esters is 1. The van der Waals surface area contributed by atoms with Crippen molar-refractivity contribution in [3.8, 4) is 5.75 Å². The summed E-state index contributed by atoms with van der Waals surface area (Å²) < 4.78 is 32.9. The van der Waals surface area contributed by atoms with Crippen LogP contribution in [0.2, 0.25) is 0 Å². The molecule has 0 unspecified atom stereocenters. The van der Waals surface area contributed by atoms with Gasteiger partial charge >= 0.3 is 5.97 Å². The molecule has 6 rings (SSSR count). The van der Waals surface area contributed by atoms with Gasteiger partial charge in [-0.2, -0.15) is 0 Å². The number of nitrogens with one attached hydrogen (secondary N) is 2. The van der Waals surface area contributed by atoms with E-state index in [1.54, 1.807) is 0 Å². The molecule has 0 radical (unpaired) electrons. The molecule has 196 valence electrons. The lowest BCUT2D eigenvalue weighted by atomic mass is 9.53. The van der Waals surface area contributed by atoms with Crippen LogP contribution < -0.4 is 10.0 Å². The van der Waals surface area contributed by atoms with Crippen molar-refractivity contribution in [3.05, 3.63) is 58.1 Å². The highest BCUT2D eigenvalue weighted by Gasteiger charge is 2.51. The summed E-state index contributed by atoms with van der Waals surface area (Å²) in [6.45, 7) is -0.544. The molecule has 0 spiro atoms. The van der Waals surface area contributed by atoms with E-state index in [0.717, 1.165) is 49.6 Å². The first-order chi connectivity index (χ1) is 17.5. The Hall–Kier alpha value is -3.67. The SMILES string of the molecule is O=C(COC(=O)c1cc(S(=O)(=O)Nc2ccc([N+](=O)[O-])cc2)ccc1O)NC12CC3CC(CC(C3)C1)C2. The van der Waals surface area contributed by atoms with Crippen LogP contribution in [0.15, 0.2) is 47.4 Å². The Labute approximate surface area is 213 Å². The molecule has 4 bridgehead atoms. The Balaban J connectivity index is 1.22. The van der Waals surface area contributed by atoms with E-state index in [9.17, 15) is 33.2 Å². The average Bonchev–Trinajstić information content (AvgIpc) is 2.81. The number of phenols is 1. The molecule has 3 N–H and O–H groups in total. The molecule has 0 aromatic heterocycles. The first-order valence-corrected chi connectivity index (χ1v) is 13.6. The zero-order valence-corrected chi connectivity index (χ0v) is 20.7. The second kappa shape index (κ2) is 9.33. The minimum atomic E-state index is -4.20. The predicted octanol–water partition coefficient (Wildman–Crippen LogP) is 3.34. The van der Waals surface area contributed by atoms with Gasteiger partial charge in [-0.15, -0.1) is 0 Å². The monoisotopic (exact) mass is 529 g/mol. The number of carbonyl (C=O) groups is 2. The Bertz CT molecular complexity index is 1320. The first kappa shape index (κ1) is 25.0. The summed E-state index contributed by atoms with van der Waals surface area (Å²) in [5.41, 5.74) is -0.777. The van der Waals surface area contributed by atoms with Crippen molar-refractivity contribution in [2.75, 3.05) is 11.3 Å². The fourth-order valence-corrected chi connectivity index (χ4v) is 7.60. The summed E-state index contributed by atoms with van der Waals surface area (Å²) in [4.78, 5) is 35.1. The zero-order chi connectivity index (χ0) is 26.4. The summed E-state index contributed by atoms with van der Waals surface area (Å²) in [7, 11) is -4.20. The summed E-state index contributed by atoms with van der Waals surface area (Å²) in [6, 6.07) is 7.83. The molecule has 4 aliphatic carbocycles. The van der Waals surface area contributed by atoms with Crippen molar-refractivity contribution < 1.29 is 32.8 Å². The number of nitrogens with zero attached hydrogens (tertiary/aromatic N) is 1. The predicted molar refractivity (Wildman–Crippen MR) is 131 cm³/mol. The maximum Gasteiger partial charge on any atom is 0.342 e. The summed E-state index contributed by atoms with van der Waals surface area (Å²) in [6.07, 6.45) is 6.51. The third-order valence-electron chi connectivity index (χ3n) is 7.61. The number of nitro groups is 1. The van der Waals surface area contributed by atoms with Gasteiger partial charge < -0.3 is 15.2 Å². The average molecular weight is 530 g/mol. The number of amides is 1. The van der Waals surface area contributed by atoms with E-state index in [4.69, 9.17) is 4.74 Å². The number of hydrogen-bond acceptors (Lipinski definition) is 8. The van der Waals surface area contributed by atoms with Crippen molar-refractivity contribution in [3.63, 3.8) is 0 Å². The Morgan fingerprint density at radius 1 is 1.03 bits per heavy atom. The minimum absolute atomic E-state index is 0.0733. The molecule has 12 heteroatoms. The number of carbonyl (C=O) groups excluding carboxylic acids is 2. The molecule has 0 aliphatic heterocycles. The highest BCUT2D eigenvalue weighted by Crippen LogP contribution is 2.55. The van der Waals surface area contributed by atoms with E-state index >= 15 is 0 Å². The highest BCUT2D eigenvalue weighted by atomic mass is 32.2. The van der Waals surface area contributed by atoms with Crippen molar-refractivity contribution in [1.82, 2.24) is 5.32 Å². The molecule has 1 amide bonds. The maximum absolute atomic E-state index is 12.8. The quantitative estimate of drug-likeness (QED) is 0.266. The van der Waals surface area contributed by atoms with Gasteiger partial charge in [-0.1, -0.05) is 0 Å². The third-order valence-corrected chi connectivity index (χ3v) is 8.98. The molecule has 4 saturated carbocycles. The second-order valence-corrected chi connectivity index (χ2v) is 12.1. The normalized spacial score (nSPS) is 25.9. The number of sulfonamides is 1. The lowest BCUT2D eigenvalue weighted by molar-refractivity contribution is -0.384. The van der Waals surface area contributed by atoms with Crippen LogP contribution in [0.5, 0.6) is 5.75 Å². The molecule has 4 aliphatic rings. The number of phenolic OH excluding ortho intramolecular Hbond substituents is 1. The zero-order valence-electron chi connectivity index (χ0n) is 19.9. The van der Waals surface area contributed by atoms with Crippen LogP contribution in [0, 0.1) is 27.9 Å².